The molecular weight excluding hydrogens is 522 g/mol. The Hall–Kier alpha value is -3.62. The molecule has 3 aromatic heterocycles. The molecule has 3 fully saturated rings. The van der Waals surface area contributed by atoms with Gasteiger partial charge in [0.15, 0.2) is 5.65 Å². The number of pyridine rings is 2. The molecule has 2 aliphatic carbocycles. The van der Waals surface area contributed by atoms with Gasteiger partial charge in [0.2, 0.25) is 5.91 Å². The van der Waals surface area contributed by atoms with E-state index in [0.717, 1.165) is 55.2 Å². The monoisotopic (exact) mass is 555 g/mol. The van der Waals surface area contributed by atoms with Crippen molar-refractivity contribution in [3.05, 3.63) is 82.9 Å². The predicted octanol–water partition coefficient (Wildman–Crippen LogP) is 5.37. The number of anilines is 3. The summed E-state index contributed by atoms with van der Waals surface area (Å²) in [4.78, 5) is 27.1. The van der Waals surface area contributed by atoms with Crippen molar-refractivity contribution >= 4 is 40.3 Å². The van der Waals surface area contributed by atoms with Crippen molar-refractivity contribution in [2.45, 2.75) is 37.6 Å². The van der Waals surface area contributed by atoms with E-state index in [1.165, 1.54) is 24.1 Å². The van der Waals surface area contributed by atoms with Crippen LogP contribution in [0, 0.1) is 5.92 Å². The van der Waals surface area contributed by atoms with Crippen molar-refractivity contribution < 1.29 is 4.79 Å². The summed E-state index contributed by atoms with van der Waals surface area (Å²) in [5.74, 6) is 1.39. The fourth-order valence-corrected chi connectivity index (χ4v) is 5.97. The van der Waals surface area contributed by atoms with Crippen LogP contribution >= 0.6 is 11.6 Å². The van der Waals surface area contributed by atoms with Gasteiger partial charge in [0.05, 0.1) is 17.9 Å². The smallest absolute Gasteiger partial charge is 0.229 e. The number of hydrogen-bond acceptors (Lipinski definition) is 6. The number of nitrogens with zero attached hydrogens (tertiary/aromatic N) is 5. The highest BCUT2D eigenvalue weighted by molar-refractivity contribution is 6.30. The van der Waals surface area contributed by atoms with E-state index in [9.17, 15) is 4.79 Å². The SMILES string of the molecule is CN1CCN(c2cc(C3CC3)cn3cc(CNc4ccnc(NC(=O)[C@H]5C[C@@H]5c5cccc(Cl)c5)c4)nc23)CC1. The number of likely N-dealkylation sites (N-methyl/N-ethyl adjacent to an activating group) is 1. The highest BCUT2D eigenvalue weighted by atomic mass is 35.5. The molecular formula is C31H34ClN7O. The van der Waals surface area contributed by atoms with Crippen LogP contribution in [0.5, 0.6) is 0 Å². The molecule has 1 amide bonds. The number of aromatic nitrogens is 3. The van der Waals surface area contributed by atoms with Crippen LogP contribution in [0.1, 0.15) is 47.9 Å². The van der Waals surface area contributed by atoms with Gasteiger partial charge in [0.1, 0.15) is 5.82 Å². The number of hydrogen-bond donors (Lipinski definition) is 2. The summed E-state index contributed by atoms with van der Waals surface area (Å²) in [5, 5.41) is 7.17. The van der Waals surface area contributed by atoms with Crippen molar-refractivity contribution in [3.8, 4) is 0 Å². The predicted molar refractivity (Wildman–Crippen MR) is 159 cm³/mol. The van der Waals surface area contributed by atoms with Gasteiger partial charge in [-0.05, 0) is 73.5 Å². The Kier molecular flexibility index (Phi) is 6.60. The van der Waals surface area contributed by atoms with E-state index in [2.05, 4.69) is 55.3 Å². The number of benzene rings is 1. The molecule has 7 rings (SSSR count). The van der Waals surface area contributed by atoms with Crippen LogP contribution in [0.25, 0.3) is 5.65 Å². The quantitative estimate of drug-likeness (QED) is 0.304. The van der Waals surface area contributed by atoms with Crippen LogP contribution in [0.2, 0.25) is 5.02 Å². The van der Waals surface area contributed by atoms with Crippen LogP contribution in [0.4, 0.5) is 17.2 Å². The zero-order chi connectivity index (χ0) is 27.2. The largest absolute Gasteiger partial charge is 0.379 e. The lowest BCUT2D eigenvalue weighted by Gasteiger charge is -2.34. The Morgan fingerprint density at radius 1 is 1.05 bits per heavy atom. The van der Waals surface area contributed by atoms with E-state index in [1.807, 2.05) is 36.4 Å². The Balaban J connectivity index is 1.03. The number of imidazole rings is 1. The first-order chi connectivity index (χ1) is 19.5. The third-order valence-electron chi connectivity index (χ3n) is 8.38. The van der Waals surface area contributed by atoms with E-state index in [-0.39, 0.29) is 17.7 Å². The third-order valence-corrected chi connectivity index (χ3v) is 8.62. The number of carbonyl (C=O) groups is 1. The molecule has 3 aliphatic rings. The van der Waals surface area contributed by atoms with Crippen LogP contribution in [0.15, 0.2) is 61.1 Å². The first kappa shape index (κ1) is 25.4. The summed E-state index contributed by atoms with van der Waals surface area (Å²) in [6.07, 6.45) is 9.50. The third kappa shape index (κ3) is 5.38. The summed E-state index contributed by atoms with van der Waals surface area (Å²) in [6, 6.07) is 13.9. The molecule has 40 heavy (non-hydrogen) atoms. The fourth-order valence-electron chi connectivity index (χ4n) is 5.77. The molecule has 2 N–H and O–H groups in total. The van der Waals surface area contributed by atoms with Gasteiger partial charge >= 0.3 is 0 Å². The molecule has 0 bridgehead atoms. The van der Waals surface area contributed by atoms with Gasteiger partial charge in [0, 0.05) is 67.5 Å². The average Bonchev–Trinajstić information content (AvgIpc) is 3.88. The van der Waals surface area contributed by atoms with Crippen molar-refractivity contribution in [2.75, 3.05) is 48.8 Å². The van der Waals surface area contributed by atoms with Gasteiger partial charge in [-0.25, -0.2) is 9.97 Å². The number of rotatable bonds is 8. The zero-order valence-corrected chi connectivity index (χ0v) is 23.4. The Morgan fingerprint density at radius 3 is 2.70 bits per heavy atom. The zero-order valence-electron chi connectivity index (χ0n) is 22.7. The van der Waals surface area contributed by atoms with Crippen LogP contribution in [-0.2, 0) is 11.3 Å². The Morgan fingerprint density at radius 2 is 1.90 bits per heavy atom. The second kappa shape index (κ2) is 10.4. The van der Waals surface area contributed by atoms with Gasteiger partial charge in [-0.15, -0.1) is 0 Å². The molecule has 2 saturated carbocycles. The fraction of sp³-hybridized carbons (Fsp3) is 0.387. The van der Waals surface area contributed by atoms with Crippen LogP contribution in [0.3, 0.4) is 0 Å². The number of halogens is 1. The maximum Gasteiger partial charge on any atom is 0.229 e. The van der Waals surface area contributed by atoms with E-state index in [0.29, 0.717) is 23.3 Å². The van der Waals surface area contributed by atoms with Gasteiger partial charge in [-0.3, -0.25) is 4.79 Å². The second-order valence-corrected chi connectivity index (χ2v) is 11.9. The summed E-state index contributed by atoms with van der Waals surface area (Å²) in [6.45, 7) is 4.76. The van der Waals surface area contributed by atoms with Gasteiger partial charge in [0.25, 0.3) is 0 Å². The van der Waals surface area contributed by atoms with Crippen molar-refractivity contribution in [3.63, 3.8) is 0 Å². The minimum atomic E-state index is -0.0510. The summed E-state index contributed by atoms with van der Waals surface area (Å²) >= 11 is 6.13. The molecule has 1 aromatic carbocycles. The van der Waals surface area contributed by atoms with Gasteiger partial charge in [-0.1, -0.05) is 23.7 Å². The van der Waals surface area contributed by atoms with Gasteiger partial charge < -0.3 is 24.8 Å². The number of piperazine rings is 1. The first-order valence-electron chi connectivity index (χ1n) is 14.2. The lowest BCUT2D eigenvalue weighted by atomic mass is 10.1. The minimum absolute atomic E-state index is 0.00196. The van der Waals surface area contributed by atoms with E-state index in [1.54, 1.807) is 6.20 Å². The molecule has 0 spiro atoms. The average molecular weight is 556 g/mol. The highest BCUT2D eigenvalue weighted by Gasteiger charge is 2.44. The van der Waals surface area contributed by atoms with Crippen molar-refractivity contribution in [1.29, 1.82) is 0 Å². The standard InChI is InChI=1S/C31H34ClN7O/c1-37-9-11-38(12-10-37)28-14-22(20-5-6-20)18-39-19-25(35-30(28)39)17-34-24-7-8-33-29(15-24)36-31(40)27-16-26(27)21-3-2-4-23(32)13-21/h2-4,7-8,13-15,18-20,26-27H,5-6,9-12,16-17H2,1H3,(H2,33,34,36,40)/t26-,27+/m1/s1. The van der Waals surface area contributed by atoms with Crippen LogP contribution < -0.4 is 15.5 Å². The second-order valence-electron chi connectivity index (χ2n) is 11.5. The molecule has 0 radical (unpaired) electrons. The summed E-state index contributed by atoms with van der Waals surface area (Å²) in [5.41, 5.74) is 6.67. The van der Waals surface area contributed by atoms with Crippen LogP contribution in [-0.4, -0.2) is 58.4 Å². The number of fused-ring (bicyclic) bond motifs is 1. The maximum absolute atomic E-state index is 12.9. The molecule has 0 unspecified atom stereocenters. The van der Waals surface area contributed by atoms with E-state index >= 15 is 0 Å². The molecule has 4 aromatic rings. The van der Waals surface area contributed by atoms with E-state index in [4.69, 9.17) is 16.6 Å². The molecule has 1 aliphatic heterocycles. The van der Waals surface area contributed by atoms with Crippen molar-refractivity contribution in [1.82, 2.24) is 19.3 Å². The molecule has 206 valence electrons. The number of carbonyl (C=O) groups excluding carboxylic acids is 1. The molecule has 8 nitrogen and oxygen atoms in total. The molecule has 2 atom stereocenters. The minimum Gasteiger partial charge on any atom is -0.379 e. The lowest BCUT2D eigenvalue weighted by molar-refractivity contribution is -0.117. The topological polar surface area (TPSA) is 77.8 Å². The van der Waals surface area contributed by atoms with E-state index < -0.39 is 0 Å². The van der Waals surface area contributed by atoms with Gasteiger partial charge in [-0.2, -0.15) is 0 Å². The van der Waals surface area contributed by atoms with Crippen molar-refractivity contribution in [2.24, 2.45) is 5.92 Å². The normalized spacial score (nSPS) is 21.0. The molecule has 4 heterocycles. The number of nitrogens with one attached hydrogen (secondary N) is 2. The maximum atomic E-state index is 12.9. The first-order valence-corrected chi connectivity index (χ1v) is 14.6. The lowest BCUT2D eigenvalue weighted by Crippen LogP contribution is -2.44. The summed E-state index contributed by atoms with van der Waals surface area (Å²) < 4.78 is 2.21. The summed E-state index contributed by atoms with van der Waals surface area (Å²) in [7, 11) is 2.19. The molecule has 9 heteroatoms. The number of amides is 1. The Bertz CT molecular complexity index is 1560. The highest BCUT2D eigenvalue weighted by Crippen LogP contribution is 2.48. The Labute approximate surface area is 239 Å². The molecule has 1 saturated heterocycles.